The van der Waals surface area contributed by atoms with Crippen LogP contribution in [0.3, 0.4) is 0 Å². The topological polar surface area (TPSA) is 0 Å². The Hall–Kier alpha value is -1.30. The highest BCUT2D eigenvalue weighted by molar-refractivity contribution is 5.74. The van der Waals surface area contributed by atoms with Gasteiger partial charge < -0.3 is 0 Å². The van der Waals surface area contributed by atoms with E-state index >= 15 is 0 Å². The molecular formula is C15H22. The van der Waals surface area contributed by atoms with Crippen LogP contribution in [-0.2, 0) is 0 Å². The van der Waals surface area contributed by atoms with Crippen molar-refractivity contribution in [2.24, 2.45) is 0 Å². The number of aryl methyl sites for hydroxylation is 1. The summed E-state index contributed by atoms with van der Waals surface area (Å²) in [6, 6.07) is 8.62. The van der Waals surface area contributed by atoms with Crippen LogP contribution >= 0.6 is 0 Å². The van der Waals surface area contributed by atoms with Gasteiger partial charge in [-0.25, -0.2) is 0 Å². The normalized spacial score (nSPS) is 11.5. The maximum Gasteiger partial charge on any atom is -0.0185 e. The van der Waals surface area contributed by atoms with Crippen LogP contribution in [0.25, 0.3) is 5.57 Å². The molecule has 0 heteroatoms. The minimum absolute atomic E-state index is 0. The number of allylic oxidation sites excluding steroid dienone is 4. The standard InChI is InChI=1S/C14H18.CH4/c1-4-7-13(8-5-2)14-10-6-9-12(3)11-14;/h4,6-11H,5H2,1-3H3;1H4/b7-4-,13-8+;. The van der Waals surface area contributed by atoms with E-state index in [1.807, 2.05) is 0 Å². The van der Waals surface area contributed by atoms with Crippen molar-refractivity contribution in [1.29, 1.82) is 0 Å². The summed E-state index contributed by atoms with van der Waals surface area (Å²) in [4.78, 5) is 0. The number of rotatable bonds is 3. The Labute approximate surface area is 94.3 Å². The Bertz CT molecular complexity index is 343. The lowest BCUT2D eigenvalue weighted by molar-refractivity contribution is 1.23. The van der Waals surface area contributed by atoms with E-state index in [2.05, 4.69) is 63.3 Å². The van der Waals surface area contributed by atoms with Gasteiger partial charge in [0.1, 0.15) is 0 Å². The van der Waals surface area contributed by atoms with Crippen LogP contribution in [0.4, 0.5) is 0 Å². The number of hydrogen-bond donors (Lipinski definition) is 0. The van der Waals surface area contributed by atoms with E-state index < -0.39 is 0 Å². The van der Waals surface area contributed by atoms with Gasteiger partial charge in [-0.15, -0.1) is 0 Å². The summed E-state index contributed by atoms with van der Waals surface area (Å²) in [5, 5.41) is 0. The van der Waals surface area contributed by atoms with Gasteiger partial charge in [-0.1, -0.05) is 62.4 Å². The third-order valence-corrected chi connectivity index (χ3v) is 2.12. The average Bonchev–Trinajstić information content (AvgIpc) is 2.17. The lowest BCUT2D eigenvalue weighted by atomic mass is 10.0. The molecule has 0 aromatic heterocycles. The predicted molar refractivity (Wildman–Crippen MR) is 71.0 cm³/mol. The number of benzene rings is 1. The molecule has 0 nitrogen and oxygen atoms in total. The summed E-state index contributed by atoms with van der Waals surface area (Å²) in [5.41, 5.74) is 3.94. The van der Waals surface area contributed by atoms with E-state index in [0.717, 1.165) is 6.42 Å². The van der Waals surface area contributed by atoms with Gasteiger partial charge in [0.15, 0.2) is 0 Å². The molecule has 0 unspecified atom stereocenters. The molecule has 82 valence electrons. The fraction of sp³-hybridized carbons (Fsp3) is 0.333. The Morgan fingerprint density at radius 3 is 2.60 bits per heavy atom. The second-order valence-corrected chi connectivity index (χ2v) is 3.44. The molecule has 1 rings (SSSR count). The summed E-state index contributed by atoms with van der Waals surface area (Å²) in [6.07, 6.45) is 7.59. The summed E-state index contributed by atoms with van der Waals surface area (Å²) in [6.45, 7) is 6.35. The van der Waals surface area contributed by atoms with Gasteiger partial charge in [-0.3, -0.25) is 0 Å². The van der Waals surface area contributed by atoms with Crippen LogP contribution in [0, 0.1) is 6.92 Å². The zero-order valence-electron chi connectivity index (χ0n) is 9.25. The molecule has 0 radical (unpaired) electrons. The predicted octanol–water partition coefficient (Wildman–Crippen LogP) is 5.00. The first kappa shape index (κ1) is 13.7. The summed E-state index contributed by atoms with van der Waals surface area (Å²) < 4.78 is 0. The average molecular weight is 202 g/mol. The molecule has 0 aliphatic heterocycles. The third-order valence-electron chi connectivity index (χ3n) is 2.12. The molecule has 0 aliphatic rings. The Balaban J connectivity index is 0.00000196. The minimum atomic E-state index is 0. The maximum absolute atomic E-state index is 2.26. The van der Waals surface area contributed by atoms with Crippen molar-refractivity contribution in [3.05, 3.63) is 53.6 Å². The van der Waals surface area contributed by atoms with Crippen molar-refractivity contribution in [1.82, 2.24) is 0 Å². The maximum atomic E-state index is 2.26. The monoisotopic (exact) mass is 202 g/mol. The Kier molecular flexibility index (Phi) is 6.44. The van der Waals surface area contributed by atoms with E-state index in [-0.39, 0.29) is 7.43 Å². The molecule has 0 atom stereocenters. The van der Waals surface area contributed by atoms with Gasteiger partial charge in [0, 0.05) is 0 Å². The summed E-state index contributed by atoms with van der Waals surface area (Å²) in [5.74, 6) is 0. The van der Waals surface area contributed by atoms with Gasteiger partial charge in [0.05, 0.1) is 0 Å². The molecule has 0 amide bonds. The van der Waals surface area contributed by atoms with Crippen molar-refractivity contribution < 1.29 is 0 Å². The lowest BCUT2D eigenvalue weighted by Crippen LogP contribution is -1.82. The highest BCUT2D eigenvalue weighted by atomic mass is 14.0. The quantitative estimate of drug-likeness (QED) is 0.605. The highest BCUT2D eigenvalue weighted by Gasteiger charge is 1.96. The summed E-state index contributed by atoms with van der Waals surface area (Å²) >= 11 is 0. The molecule has 0 aliphatic carbocycles. The molecule has 15 heavy (non-hydrogen) atoms. The van der Waals surface area contributed by atoms with E-state index in [4.69, 9.17) is 0 Å². The first-order valence-electron chi connectivity index (χ1n) is 5.17. The molecule has 0 fully saturated rings. The third kappa shape index (κ3) is 4.16. The van der Waals surface area contributed by atoms with Crippen molar-refractivity contribution in [3.63, 3.8) is 0 Å². The zero-order valence-corrected chi connectivity index (χ0v) is 9.25. The molecule has 0 N–H and O–H groups in total. The largest absolute Gasteiger partial charge is 0.0871 e. The molecule has 0 saturated carbocycles. The second kappa shape index (κ2) is 7.05. The van der Waals surface area contributed by atoms with E-state index in [0.29, 0.717) is 0 Å². The summed E-state index contributed by atoms with van der Waals surface area (Å²) in [7, 11) is 0. The van der Waals surface area contributed by atoms with E-state index in [9.17, 15) is 0 Å². The van der Waals surface area contributed by atoms with Crippen LogP contribution < -0.4 is 0 Å². The minimum Gasteiger partial charge on any atom is -0.0871 e. The van der Waals surface area contributed by atoms with Crippen LogP contribution in [0.5, 0.6) is 0 Å². The van der Waals surface area contributed by atoms with E-state index in [1.165, 1.54) is 16.7 Å². The molecule has 0 bridgehead atoms. The van der Waals surface area contributed by atoms with Crippen LogP contribution in [0.2, 0.25) is 0 Å². The van der Waals surface area contributed by atoms with E-state index in [1.54, 1.807) is 0 Å². The van der Waals surface area contributed by atoms with Crippen molar-refractivity contribution in [3.8, 4) is 0 Å². The second-order valence-electron chi connectivity index (χ2n) is 3.44. The van der Waals surface area contributed by atoms with Crippen molar-refractivity contribution >= 4 is 5.57 Å². The molecule has 0 heterocycles. The van der Waals surface area contributed by atoms with Gasteiger partial charge in [-0.05, 0) is 31.4 Å². The van der Waals surface area contributed by atoms with Crippen LogP contribution in [0.15, 0.2) is 42.5 Å². The fourth-order valence-electron chi connectivity index (χ4n) is 1.51. The molecule has 0 saturated heterocycles. The van der Waals surface area contributed by atoms with Crippen LogP contribution in [0.1, 0.15) is 38.8 Å². The SMILES string of the molecule is C.C/C=C\C(=C/CC)c1cccc(C)c1. The first-order chi connectivity index (χ1) is 6.77. The van der Waals surface area contributed by atoms with Crippen molar-refractivity contribution in [2.75, 3.05) is 0 Å². The van der Waals surface area contributed by atoms with Gasteiger partial charge in [-0.2, -0.15) is 0 Å². The Morgan fingerprint density at radius 2 is 2.07 bits per heavy atom. The smallest absolute Gasteiger partial charge is 0.0185 e. The molecule has 1 aromatic rings. The lowest BCUT2D eigenvalue weighted by Gasteiger charge is -2.03. The van der Waals surface area contributed by atoms with Crippen molar-refractivity contribution in [2.45, 2.75) is 34.6 Å². The highest BCUT2D eigenvalue weighted by Crippen LogP contribution is 2.17. The fourth-order valence-corrected chi connectivity index (χ4v) is 1.51. The van der Waals surface area contributed by atoms with Gasteiger partial charge >= 0.3 is 0 Å². The molecule has 1 aromatic carbocycles. The van der Waals surface area contributed by atoms with Gasteiger partial charge in [0.25, 0.3) is 0 Å². The number of hydrogen-bond acceptors (Lipinski definition) is 0. The molecule has 0 spiro atoms. The molecular weight excluding hydrogens is 180 g/mol. The van der Waals surface area contributed by atoms with Gasteiger partial charge in [0.2, 0.25) is 0 Å². The Morgan fingerprint density at radius 1 is 1.33 bits per heavy atom. The van der Waals surface area contributed by atoms with Crippen LogP contribution in [-0.4, -0.2) is 0 Å². The zero-order chi connectivity index (χ0) is 10.4. The first-order valence-corrected chi connectivity index (χ1v) is 5.17.